The lowest BCUT2D eigenvalue weighted by molar-refractivity contribution is -0.155. The number of aryl methyl sites for hydroxylation is 1. The molecular formula is C55H73N9O7S. The van der Waals surface area contributed by atoms with Gasteiger partial charge in [0.25, 0.3) is 11.8 Å². The molecule has 17 heteroatoms. The van der Waals surface area contributed by atoms with Crippen LogP contribution in [0.5, 0.6) is 0 Å². The van der Waals surface area contributed by atoms with Gasteiger partial charge >= 0.3 is 5.97 Å². The Morgan fingerprint density at radius 2 is 1.83 bits per heavy atom. The maximum atomic E-state index is 14.9. The number of carbonyl (C=O) groups is 5. The molecule has 386 valence electrons. The van der Waals surface area contributed by atoms with Crippen LogP contribution < -0.4 is 10.7 Å². The fraction of sp³-hybridized carbons (Fsp3) is 0.582. The summed E-state index contributed by atoms with van der Waals surface area (Å²) in [6, 6.07) is 7.74. The van der Waals surface area contributed by atoms with E-state index in [0.717, 1.165) is 70.4 Å². The number of nitrogens with zero attached hydrogens (tertiary/aromatic N) is 7. The molecule has 1 unspecified atom stereocenters. The van der Waals surface area contributed by atoms with Crippen LogP contribution in [0.25, 0.3) is 33.4 Å². The Hall–Kier alpha value is -5.67. The summed E-state index contributed by atoms with van der Waals surface area (Å²) in [7, 11) is 7.18. The molecule has 0 radical (unpaired) electrons. The summed E-state index contributed by atoms with van der Waals surface area (Å²) in [6.07, 6.45) is 7.04. The van der Waals surface area contributed by atoms with Crippen LogP contribution in [0.15, 0.2) is 41.9 Å². The summed E-state index contributed by atoms with van der Waals surface area (Å²) in [5.74, 6) is 3.42. The van der Waals surface area contributed by atoms with Crippen molar-refractivity contribution in [3.05, 3.63) is 58.2 Å². The van der Waals surface area contributed by atoms with Crippen LogP contribution in [0.3, 0.4) is 0 Å². The van der Waals surface area contributed by atoms with E-state index < -0.39 is 52.8 Å². The van der Waals surface area contributed by atoms with Gasteiger partial charge in [0.05, 0.1) is 46.3 Å². The molecule has 8 rings (SSSR count). The number of amides is 4. The highest BCUT2D eigenvalue weighted by molar-refractivity contribution is 7.10. The van der Waals surface area contributed by atoms with E-state index in [1.165, 1.54) is 16.3 Å². The van der Waals surface area contributed by atoms with E-state index in [-0.39, 0.29) is 43.4 Å². The molecule has 1 aliphatic carbocycles. The monoisotopic (exact) mass is 1000 g/mol. The minimum Gasteiger partial charge on any atom is -0.464 e. The Kier molecular flexibility index (Phi) is 15.9. The first-order valence-electron chi connectivity index (χ1n) is 25.7. The lowest BCUT2D eigenvalue weighted by Gasteiger charge is -2.37. The van der Waals surface area contributed by atoms with E-state index in [9.17, 15) is 24.0 Å². The molecule has 2 N–H and O–H groups in total. The van der Waals surface area contributed by atoms with Gasteiger partial charge in [0.1, 0.15) is 18.1 Å². The number of hydrazine groups is 1. The third kappa shape index (κ3) is 11.1. The third-order valence-electron chi connectivity index (χ3n) is 15.5. The molecule has 0 spiro atoms. The molecule has 4 aromatic rings. The van der Waals surface area contributed by atoms with Gasteiger partial charge in [-0.25, -0.2) is 10.4 Å². The van der Waals surface area contributed by atoms with Gasteiger partial charge < -0.3 is 29.2 Å². The molecule has 6 heterocycles. The van der Waals surface area contributed by atoms with E-state index in [0.29, 0.717) is 50.3 Å². The number of thiazole rings is 1. The van der Waals surface area contributed by atoms with E-state index in [4.69, 9.17) is 19.4 Å². The van der Waals surface area contributed by atoms with Gasteiger partial charge in [0.2, 0.25) is 11.8 Å². The highest BCUT2D eigenvalue weighted by atomic mass is 32.1. The first kappa shape index (κ1) is 52.6. The van der Waals surface area contributed by atoms with Crippen molar-refractivity contribution in [3.8, 4) is 34.4 Å². The normalized spacial score (nSPS) is 21.7. The number of esters is 1. The standard InChI is InChI=1S/C55H73N9O7S/c1-11-63-44-21-20-36-28-39(44)40(49(63)38-18-14-25-56-47(38)34(2)70-10)30-54(3,4)33-71-53(69)41-19-15-26-64(59-41)52(68)42(29-45-57-43(36)32-72-45)58-50(66)48(35-16-12-13-17-35)61(9)51(67)37-23-27-62(31-37)46(65)22-24-55(5,6)60(7)8/h14,18,20-21,25,28,32,34-35,37,41-42,48,59H,11-13,15-17,19,23,26-27,29-31,33H2,1-10H3,(H,58,66)/t34-,37-,41-,42-,48?/m0/s1. The molecule has 5 atom stereocenters. The molecular weight excluding hydrogens is 931 g/mol. The maximum absolute atomic E-state index is 14.9. The molecule has 4 amide bonds. The van der Waals surface area contributed by atoms with Gasteiger partial charge in [-0.2, -0.15) is 0 Å². The minimum absolute atomic E-state index is 0.0858. The molecule has 72 heavy (non-hydrogen) atoms. The molecule has 1 aromatic carbocycles. The van der Waals surface area contributed by atoms with Gasteiger partial charge in [-0.3, -0.25) is 38.9 Å². The zero-order chi connectivity index (χ0) is 51.6. The van der Waals surface area contributed by atoms with Gasteiger partial charge in [0.15, 0.2) is 0 Å². The van der Waals surface area contributed by atoms with Gasteiger partial charge in [-0.15, -0.1) is 11.3 Å². The Morgan fingerprint density at radius 3 is 2.56 bits per heavy atom. The van der Waals surface area contributed by atoms with Crippen LogP contribution in [0.1, 0.15) is 109 Å². The lowest BCUT2D eigenvalue weighted by atomic mass is 9.84. The Balaban J connectivity index is 1.12. The van der Waals surface area contributed by atoms with Crippen molar-refractivity contribution in [2.24, 2.45) is 17.3 Å². The van der Waals surface area contributed by atoms with Crippen LogP contribution in [0, 0.1) is 29.1 Å². The van der Waals surface area contributed by atoms with Crippen molar-refractivity contribution < 1.29 is 33.4 Å². The van der Waals surface area contributed by atoms with Gasteiger partial charge in [-0.1, -0.05) is 38.7 Å². The fourth-order valence-electron chi connectivity index (χ4n) is 10.8. The molecule has 3 fully saturated rings. The van der Waals surface area contributed by atoms with Crippen LogP contribution in [-0.4, -0.2) is 142 Å². The predicted octanol–water partition coefficient (Wildman–Crippen LogP) is 6.41. The van der Waals surface area contributed by atoms with Crippen molar-refractivity contribution in [3.63, 3.8) is 0 Å². The summed E-state index contributed by atoms with van der Waals surface area (Å²) in [5, 5.41) is 8.27. The zero-order valence-corrected chi connectivity index (χ0v) is 44.6. The maximum Gasteiger partial charge on any atom is 0.324 e. The number of nitrogens with one attached hydrogen (secondary N) is 2. The predicted molar refractivity (Wildman–Crippen MR) is 278 cm³/mol. The average Bonchev–Trinajstić information content (AvgIpc) is 4.22. The van der Waals surface area contributed by atoms with Crippen LogP contribution in [0.4, 0.5) is 0 Å². The molecule has 16 nitrogen and oxygen atoms in total. The second-order valence-corrected chi connectivity index (χ2v) is 22.6. The summed E-state index contributed by atoms with van der Waals surface area (Å²) in [4.78, 5) is 86.5. The number of fused-ring (bicyclic) bond motifs is 6. The van der Waals surface area contributed by atoms with Crippen LogP contribution in [0.2, 0.25) is 0 Å². The molecule has 6 bridgehead atoms. The first-order chi connectivity index (χ1) is 34.3. The van der Waals surface area contributed by atoms with Crippen LogP contribution >= 0.6 is 11.3 Å². The Bertz CT molecular complexity index is 2750. The quantitative estimate of drug-likeness (QED) is 0.133. The van der Waals surface area contributed by atoms with Crippen molar-refractivity contribution in [1.82, 2.24) is 45.0 Å². The van der Waals surface area contributed by atoms with Gasteiger partial charge in [0, 0.05) is 85.8 Å². The molecule has 4 aliphatic rings. The molecule has 1 saturated carbocycles. The van der Waals surface area contributed by atoms with Crippen molar-refractivity contribution >= 4 is 51.8 Å². The molecule has 2 saturated heterocycles. The van der Waals surface area contributed by atoms with E-state index in [1.54, 1.807) is 30.2 Å². The topological polar surface area (TPSA) is 172 Å². The summed E-state index contributed by atoms with van der Waals surface area (Å²) >= 11 is 1.42. The largest absolute Gasteiger partial charge is 0.464 e. The van der Waals surface area contributed by atoms with E-state index in [1.807, 2.05) is 51.2 Å². The molecule has 3 aromatic heterocycles. The number of hydrogen-bond acceptors (Lipinski definition) is 12. The number of carbonyl (C=O) groups excluding carboxylic acids is 5. The number of ether oxygens (including phenoxy) is 2. The second kappa shape index (κ2) is 21.8. The number of likely N-dealkylation sites (N-methyl/N-ethyl adjacent to an activating group) is 1. The Labute approximate surface area is 428 Å². The van der Waals surface area contributed by atoms with Gasteiger partial charge in [-0.05, 0) is 122 Å². The summed E-state index contributed by atoms with van der Waals surface area (Å²) in [5.41, 5.74) is 8.82. The lowest BCUT2D eigenvalue weighted by Crippen LogP contribution is -2.62. The number of hydrogen-bond donors (Lipinski definition) is 2. The zero-order valence-electron chi connectivity index (χ0n) is 43.8. The van der Waals surface area contributed by atoms with Crippen molar-refractivity contribution in [2.75, 3.05) is 54.5 Å². The number of cyclic esters (lactones) is 1. The summed E-state index contributed by atoms with van der Waals surface area (Å²) < 4.78 is 14.3. The smallest absolute Gasteiger partial charge is 0.324 e. The number of methoxy groups -OCH3 is 1. The summed E-state index contributed by atoms with van der Waals surface area (Å²) in [6.45, 7) is 14.0. The Morgan fingerprint density at radius 1 is 1.07 bits per heavy atom. The molecule has 3 aliphatic heterocycles. The minimum atomic E-state index is -1.08. The number of rotatable bonds is 10. The second-order valence-electron chi connectivity index (χ2n) is 21.7. The van der Waals surface area contributed by atoms with E-state index in [2.05, 4.69) is 72.2 Å². The SMILES string of the molecule is CCn1c(-c2cccnc2[C@H](C)OC)c2c3cc(ccc31)-c1csc(n1)C[C@H](NC(=O)C(C1CCCC1)N(C)C(=O)[C@H]1CCN(C(=O)C#CC(C)(C)N(C)C)C1)C(=O)N1CCC[C@H](N1)C(=O)OCC(C)(C)C2. The van der Waals surface area contributed by atoms with Crippen molar-refractivity contribution in [1.29, 1.82) is 0 Å². The highest BCUT2D eigenvalue weighted by Crippen LogP contribution is 2.42. The number of pyridine rings is 1. The first-order valence-corrected chi connectivity index (χ1v) is 26.6. The van der Waals surface area contributed by atoms with Crippen LogP contribution in [-0.2, 0) is 52.8 Å². The average molecular weight is 1000 g/mol. The number of benzene rings is 1. The highest BCUT2D eigenvalue weighted by Gasteiger charge is 2.43. The third-order valence-corrected chi connectivity index (χ3v) is 16.3. The van der Waals surface area contributed by atoms with E-state index >= 15 is 0 Å². The van der Waals surface area contributed by atoms with Crippen molar-refractivity contribution in [2.45, 2.75) is 136 Å². The number of likely N-dealkylation sites (tertiary alicyclic amines) is 1. The fourth-order valence-corrected chi connectivity index (χ4v) is 11.6. The number of aromatic nitrogens is 3.